The van der Waals surface area contributed by atoms with E-state index in [0.29, 0.717) is 24.5 Å². The van der Waals surface area contributed by atoms with E-state index in [9.17, 15) is 4.79 Å². The standard InChI is InChI=1S/C25H20N6O2/c32-10-9-26-11-14-3-1-5-20-22(14)31-24(30-20)17-7-6-15(19-13-29-25(33)21(17)19)18-12-28-23-16(18)4-2-8-27-23/h1-8,12-13,26,32H,9-11H2,(H,27,28)(H,30,31). The second-order valence-electron chi connectivity index (χ2n) is 7.91. The maximum atomic E-state index is 12.8. The van der Waals surface area contributed by atoms with E-state index in [2.05, 4.69) is 25.3 Å². The Hall–Kier alpha value is -4.14. The molecule has 1 aliphatic heterocycles. The number of aromatic amines is 2. The Morgan fingerprint density at radius 2 is 1.94 bits per heavy atom. The van der Waals surface area contributed by atoms with Gasteiger partial charge in [0.25, 0.3) is 5.91 Å². The lowest BCUT2D eigenvalue weighted by molar-refractivity contribution is 0.101. The van der Waals surface area contributed by atoms with Gasteiger partial charge < -0.3 is 20.4 Å². The van der Waals surface area contributed by atoms with E-state index in [0.717, 1.165) is 49.9 Å². The quantitative estimate of drug-likeness (QED) is 0.304. The Bertz CT molecular complexity index is 1560. The van der Waals surface area contributed by atoms with Gasteiger partial charge in [0.2, 0.25) is 0 Å². The largest absolute Gasteiger partial charge is 0.395 e. The van der Waals surface area contributed by atoms with Gasteiger partial charge >= 0.3 is 0 Å². The number of fused-ring (bicyclic) bond motifs is 3. The number of aliphatic imine (C=N–C) groups is 1. The molecule has 0 spiro atoms. The van der Waals surface area contributed by atoms with Gasteiger partial charge in [-0.05, 0) is 35.4 Å². The normalized spacial score (nSPS) is 12.8. The number of imidazole rings is 1. The first kappa shape index (κ1) is 19.5. The van der Waals surface area contributed by atoms with E-state index in [1.807, 2.05) is 48.7 Å². The summed E-state index contributed by atoms with van der Waals surface area (Å²) >= 11 is 0. The molecule has 6 rings (SSSR count). The van der Waals surface area contributed by atoms with Crippen LogP contribution >= 0.6 is 0 Å². The highest BCUT2D eigenvalue weighted by molar-refractivity contribution is 6.20. The van der Waals surface area contributed by atoms with Gasteiger partial charge in [-0.2, -0.15) is 0 Å². The van der Waals surface area contributed by atoms with Gasteiger partial charge in [0.05, 0.1) is 23.2 Å². The minimum absolute atomic E-state index is 0.0783. The van der Waals surface area contributed by atoms with E-state index in [-0.39, 0.29) is 12.5 Å². The monoisotopic (exact) mass is 436 g/mol. The van der Waals surface area contributed by atoms with Gasteiger partial charge in [-0.3, -0.25) is 4.79 Å². The summed E-state index contributed by atoms with van der Waals surface area (Å²) in [5.74, 6) is 0.354. The van der Waals surface area contributed by atoms with Crippen molar-refractivity contribution in [2.75, 3.05) is 13.2 Å². The number of rotatable bonds is 6. The summed E-state index contributed by atoms with van der Waals surface area (Å²) < 4.78 is 0. The molecule has 8 heteroatoms. The summed E-state index contributed by atoms with van der Waals surface area (Å²) in [6, 6.07) is 13.8. The van der Waals surface area contributed by atoms with Crippen molar-refractivity contribution in [1.29, 1.82) is 0 Å². The van der Waals surface area contributed by atoms with Crippen LogP contribution < -0.4 is 5.32 Å². The number of para-hydroxylation sites is 1. The fraction of sp³-hybridized carbons (Fsp3) is 0.120. The molecule has 5 aromatic rings. The van der Waals surface area contributed by atoms with Crippen molar-refractivity contribution in [3.8, 4) is 22.5 Å². The van der Waals surface area contributed by atoms with Crippen molar-refractivity contribution in [2.45, 2.75) is 6.54 Å². The molecule has 1 amide bonds. The molecule has 0 atom stereocenters. The first-order chi connectivity index (χ1) is 16.2. The molecule has 0 radical (unpaired) electrons. The maximum Gasteiger partial charge on any atom is 0.278 e. The second-order valence-corrected chi connectivity index (χ2v) is 7.91. The van der Waals surface area contributed by atoms with Crippen molar-refractivity contribution in [3.63, 3.8) is 0 Å². The van der Waals surface area contributed by atoms with Gasteiger partial charge in [0.15, 0.2) is 0 Å². The molecule has 0 fully saturated rings. The van der Waals surface area contributed by atoms with E-state index < -0.39 is 0 Å². The zero-order valence-electron chi connectivity index (χ0n) is 17.6. The predicted molar refractivity (Wildman–Crippen MR) is 127 cm³/mol. The number of H-pyrrole nitrogens is 2. The van der Waals surface area contributed by atoms with Crippen molar-refractivity contribution < 1.29 is 9.90 Å². The molecule has 0 unspecified atom stereocenters. The summed E-state index contributed by atoms with van der Waals surface area (Å²) in [6.07, 6.45) is 5.30. The average molecular weight is 436 g/mol. The number of benzene rings is 2. The van der Waals surface area contributed by atoms with Crippen LogP contribution in [0.2, 0.25) is 0 Å². The maximum absolute atomic E-state index is 12.8. The zero-order valence-corrected chi connectivity index (χ0v) is 17.6. The molecule has 0 saturated heterocycles. The van der Waals surface area contributed by atoms with Crippen LogP contribution in [0.3, 0.4) is 0 Å². The first-order valence-corrected chi connectivity index (χ1v) is 10.7. The Kier molecular flexibility index (Phi) is 4.60. The molecule has 8 nitrogen and oxygen atoms in total. The SMILES string of the molecule is O=C1N=Cc2c(-c3c[nH]c4ncccc34)ccc(-c3nc4c(CNCCO)cccc4[nH]3)c21. The number of hydrogen-bond donors (Lipinski definition) is 4. The van der Waals surface area contributed by atoms with Crippen LogP contribution in [-0.4, -0.2) is 50.3 Å². The highest BCUT2D eigenvalue weighted by Crippen LogP contribution is 2.37. The Morgan fingerprint density at radius 3 is 2.85 bits per heavy atom. The molecule has 33 heavy (non-hydrogen) atoms. The molecule has 3 aromatic heterocycles. The van der Waals surface area contributed by atoms with Crippen LogP contribution in [0.5, 0.6) is 0 Å². The summed E-state index contributed by atoms with van der Waals surface area (Å²) in [5, 5.41) is 13.2. The Morgan fingerprint density at radius 1 is 1.03 bits per heavy atom. The Balaban J connectivity index is 1.48. The molecule has 0 saturated carbocycles. The van der Waals surface area contributed by atoms with Crippen LogP contribution in [0.25, 0.3) is 44.6 Å². The van der Waals surface area contributed by atoms with E-state index in [1.165, 1.54) is 0 Å². The number of aromatic nitrogens is 4. The Labute approximate surface area is 188 Å². The number of amides is 1. The molecule has 1 aliphatic rings. The topological polar surface area (TPSA) is 119 Å². The fourth-order valence-corrected chi connectivity index (χ4v) is 4.45. The van der Waals surface area contributed by atoms with Crippen LogP contribution in [0, 0.1) is 0 Å². The highest BCUT2D eigenvalue weighted by atomic mass is 16.3. The van der Waals surface area contributed by atoms with Crippen LogP contribution in [-0.2, 0) is 6.54 Å². The molecule has 4 heterocycles. The lowest BCUT2D eigenvalue weighted by Crippen LogP contribution is -2.17. The van der Waals surface area contributed by atoms with Gasteiger partial charge in [-0.25, -0.2) is 15.0 Å². The van der Waals surface area contributed by atoms with E-state index in [4.69, 9.17) is 10.1 Å². The summed E-state index contributed by atoms with van der Waals surface area (Å²) in [4.78, 5) is 32.7. The molecule has 4 N–H and O–H groups in total. The van der Waals surface area contributed by atoms with Crippen molar-refractivity contribution in [1.82, 2.24) is 25.3 Å². The van der Waals surface area contributed by atoms with Crippen LogP contribution in [0.15, 0.2) is 59.9 Å². The van der Waals surface area contributed by atoms with Gasteiger partial charge in [-0.1, -0.05) is 18.2 Å². The molecule has 162 valence electrons. The minimum Gasteiger partial charge on any atom is -0.395 e. The lowest BCUT2D eigenvalue weighted by atomic mass is 9.93. The average Bonchev–Trinajstić information content (AvgIpc) is 3.56. The second kappa shape index (κ2) is 7.77. The van der Waals surface area contributed by atoms with Gasteiger partial charge in [0.1, 0.15) is 11.5 Å². The van der Waals surface area contributed by atoms with Crippen LogP contribution in [0.1, 0.15) is 21.5 Å². The number of pyridine rings is 1. The molecule has 0 bridgehead atoms. The van der Waals surface area contributed by atoms with Crippen molar-refractivity contribution in [2.24, 2.45) is 4.99 Å². The number of carbonyl (C=O) groups is 1. The van der Waals surface area contributed by atoms with E-state index in [1.54, 1.807) is 12.4 Å². The molecular weight excluding hydrogens is 416 g/mol. The van der Waals surface area contributed by atoms with Crippen molar-refractivity contribution >= 4 is 34.2 Å². The first-order valence-electron chi connectivity index (χ1n) is 10.7. The third-order valence-corrected chi connectivity index (χ3v) is 5.97. The van der Waals surface area contributed by atoms with Gasteiger partial charge in [-0.15, -0.1) is 0 Å². The van der Waals surface area contributed by atoms with Crippen molar-refractivity contribution in [3.05, 3.63) is 71.5 Å². The summed E-state index contributed by atoms with van der Waals surface area (Å²) in [7, 11) is 0. The number of nitrogens with zero attached hydrogens (tertiary/aromatic N) is 3. The summed E-state index contributed by atoms with van der Waals surface area (Å²) in [6.45, 7) is 1.18. The highest BCUT2D eigenvalue weighted by Gasteiger charge is 2.26. The molecule has 2 aromatic carbocycles. The number of hydrogen-bond acceptors (Lipinski definition) is 5. The lowest BCUT2D eigenvalue weighted by Gasteiger charge is -2.09. The zero-order chi connectivity index (χ0) is 22.4. The molecular formula is C25H20N6O2. The third kappa shape index (κ3) is 3.15. The number of aliphatic hydroxyl groups excluding tert-OH is 1. The molecule has 0 aliphatic carbocycles. The van der Waals surface area contributed by atoms with Crippen LogP contribution in [0.4, 0.5) is 0 Å². The fourth-order valence-electron chi connectivity index (χ4n) is 4.45. The summed E-state index contributed by atoms with van der Waals surface area (Å²) in [5.41, 5.74) is 7.50. The number of nitrogens with one attached hydrogen (secondary N) is 3. The number of aliphatic hydroxyl groups is 1. The van der Waals surface area contributed by atoms with E-state index >= 15 is 0 Å². The minimum atomic E-state index is -0.273. The third-order valence-electron chi connectivity index (χ3n) is 5.97. The predicted octanol–water partition coefficient (Wildman–Crippen LogP) is 3.43. The van der Waals surface area contributed by atoms with Gasteiger partial charge in [0, 0.05) is 53.8 Å². The smallest absolute Gasteiger partial charge is 0.278 e. The number of carbonyl (C=O) groups excluding carboxylic acids is 1.